The summed E-state index contributed by atoms with van der Waals surface area (Å²) in [6, 6.07) is 0. The molecule has 0 amide bonds. The molecule has 0 fully saturated rings. The lowest BCUT2D eigenvalue weighted by molar-refractivity contribution is -0.384. The number of nitro groups is 1. The summed E-state index contributed by atoms with van der Waals surface area (Å²) >= 11 is 0. The van der Waals surface area contributed by atoms with Gasteiger partial charge >= 0.3 is 5.69 Å². The fraction of sp³-hybridized carbons (Fsp3) is 0.462. The minimum Gasteiger partial charge on any atom is -0.354 e. The maximum Gasteiger partial charge on any atom is 0.317 e. The molecule has 8 nitrogen and oxygen atoms in total. The van der Waals surface area contributed by atoms with Crippen LogP contribution in [0.3, 0.4) is 0 Å². The summed E-state index contributed by atoms with van der Waals surface area (Å²) < 4.78 is 1.86. The van der Waals surface area contributed by atoms with E-state index < -0.39 is 4.92 Å². The van der Waals surface area contributed by atoms with Crippen molar-refractivity contribution < 1.29 is 4.92 Å². The van der Waals surface area contributed by atoms with Gasteiger partial charge in [0.15, 0.2) is 11.5 Å². The van der Waals surface area contributed by atoms with Gasteiger partial charge in [-0.2, -0.15) is 0 Å². The van der Waals surface area contributed by atoms with Gasteiger partial charge in [0.25, 0.3) is 0 Å². The Morgan fingerprint density at radius 2 is 2.14 bits per heavy atom. The summed E-state index contributed by atoms with van der Waals surface area (Å²) in [5.74, 6) is 0.869. The van der Waals surface area contributed by atoms with Gasteiger partial charge in [0.05, 0.1) is 4.92 Å². The van der Waals surface area contributed by atoms with Crippen LogP contribution in [0.1, 0.15) is 26.7 Å². The molecule has 0 aliphatic rings. The van der Waals surface area contributed by atoms with Gasteiger partial charge in [-0.05, 0) is 12.8 Å². The fourth-order valence-corrected chi connectivity index (χ4v) is 1.94. The zero-order valence-corrected chi connectivity index (χ0v) is 12.1. The second kappa shape index (κ2) is 6.78. The predicted molar refractivity (Wildman–Crippen MR) is 79.0 cm³/mol. The second-order valence-corrected chi connectivity index (χ2v) is 4.56. The van der Waals surface area contributed by atoms with E-state index in [2.05, 4.69) is 20.3 Å². The molecule has 0 saturated carbocycles. The maximum atomic E-state index is 11.2. The van der Waals surface area contributed by atoms with Crippen molar-refractivity contribution >= 4 is 11.6 Å². The zero-order chi connectivity index (χ0) is 15.2. The minimum atomic E-state index is -0.482. The van der Waals surface area contributed by atoms with E-state index in [1.165, 1.54) is 6.20 Å². The van der Waals surface area contributed by atoms with E-state index in [1.54, 1.807) is 12.4 Å². The highest BCUT2D eigenvalue weighted by molar-refractivity contribution is 5.64. The SMILES string of the molecule is CCCNc1ncc([N+](=O)[O-])c(-c2nccn2CCC)n1. The third-order valence-electron chi connectivity index (χ3n) is 2.89. The van der Waals surface area contributed by atoms with Crippen molar-refractivity contribution in [3.63, 3.8) is 0 Å². The Bertz CT molecular complexity index is 625. The quantitative estimate of drug-likeness (QED) is 0.621. The Morgan fingerprint density at radius 1 is 1.33 bits per heavy atom. The highest BCUT2D eigenvalue weighted by Crippen LogP contribution is 2.27. The highest BCUT2D eigenvalue weighted by atomic mass is 16.6. The van der Waals surface area contributed by atoms with Gasteiger partial charge in [0.2, 0.25) is 5.95 Å². The van der Waals surface area contributed by atoms with E-state index in [0.29, 0.717) is 18.3 Å². The molecule has 0 aliphatic carbocycles. The van der Waals surface area contributed by atoms with Gasteiger partial charge < -0.3 is 9.88 Å². The average Bonchev–Trinajstić information content (AvgIpc) is 2.93. The van der Waals surface area contributed by atoms with Crippen LogP contribution in [-0.4, -0.2) is 31.0 Å². The minimum absolute atomic E-state index is 0.138. The molecule has 0 unspecified atom stereocenters. The van der Waals surface area contributed by atoms with Crippen LogP contribution < -0.4 is 5.32 Å². The van der Waals surface area contributed by atoms with Crippen LogP contribution in [0.5, 0.6) is 0 Å². The molecule has 0 spiro atoms. The molecule has 2 heterocycles. The number of aromatic nitrogens is 4. The largest absolute Gasteiger partial charge is 0.354 e. The standard InChI is InChI=1S/C13H18N6O2/c1-3-5-15-13-16-9-10(19(20)21)11(17-13)12-14-6-8-18(12)7-4-2/h6,8-9H,3-5,7H2,1-2H3,(H,15,16,17). The first-order valence-electron chi connectivity index (χ1n) is 6.94. The van der Waals surface area contributed by atoms with Crippen molar-refractivity contribution in [1.29, 1.82) is 0 Å². The van der Waals surface area contributed by atoms with Crippen molar-refractivity contribution in [3.05, 3.63) is 28.7 Å². The predicted octanol–water partition coefficient (Wildman–Crippen LogP) is 2.48. The number of hydrogen-bond donors (Lipinski definition) is 1. The van der Waals surface area contributed by atoms with Crippen LogP contribution in [-0.2, 0) is 6.54 Å². The Kier molecular flexibility index (Phi) is 4.81. The lowest BCUT2D eigenvalue weighted by Gasteiger charge is -2.08. The van der Waals surface area contributed by atoms with Crippen molar-refractivity contribution in [2.75, 3.05) is 11.9 Å². The van der Waals surface area contributed by atoms with E-state index in [-0.39, 0.29) is 11.4 Å². The topological polar surface area (TPSA) is 98.8 Å². The summed E-state index contributed by atoms with van der Waals surface area (Å²) in [4.78, 5) is 23.2. The Hall–Kier alpha value is -2.51. The first-order valence-corrected chi connectivity index (χ1v) is 6.94. The third kappa shape index (κ3) is 3.33. The van der Waals surface area contributed by atoms with Gasteiger partial charge in [0, 0.05) is 25.5 Å². The number of hydrogen-bond acceptors (Lipinski definition) is 6. The molecule has 2 aromatic rings. The lowest BCUT2D eigenvalue weighted by atomic mass is 10.3. The third-order valence-corrected chi connectivity index (χ3v) is 2.89. The number of anilines is 1. The van der Waals surface area contributed by atoms with Gasteiger partial charge in [-0.1, -0.05) is 13.8 Å². The summed E-state index contributed by atoms with van der Waals surface area (Å²) in [6.07, 6.45) is 6.47. The fourth-order valence-electron chi connectivity index (χ4n) is 1.94. The van der Waals surface area contributed by atoms with E-state index in [4.69, 9.17) is 0 Å². The number of aryl methyl sites for hydroxylation is 1. The molecule has 0 aliphatic heterocycles. The number of imidazole rings is 1. The molecule has 1 N–H and O–H groups in total. The second-order valence-electron chi connectivity index (χ2n) is 4.56. The van der Waals surface area contributed by atoms with Crippen LogP contribution in [0.2, 0.25) is 0 Å². The van der Waals surface area contributed by atoms with E-state index >= 15 is 0 Å². The lowest BCUT2D eigenvalue weighted by Crippen LogP contribution is -2.08. The smallest absolute Gasteiger partial charge is 0.317 e. The highest BCUT2D eigenvalue weighted by Gasteiger charge is 2.22. The van der Waals surface area contributed by atoms with Crippen LogP contribution in [0.25, 0.3) is 11.5 Å². The number of nitrogens with zero attached hydrogens (tertiary/aromatic N) is 5. The van der Waals surface area contributed by atoms with E-state index in [1.807, 2.05) is 18.4 Å². The van der Waals surface area contributed by atoms with Crippen LogP contribution in [0.15, 0.2) is 18.6 Å². The molecule has 21 heavy (non-hydrogen) atoms. The van der Waals surface area contributed by atoms with Gasteiger partial charge in [-0.15, -0.1) is 0 Å². The monoisotopic (exact) mass is 290 g/mol. The van der Waals surface area contributed by atoms with Crippen LogP contribution >= 0.6 is 0 Å². The summed E-state index contributed by atoms with van der Waals surface area (Å²) in [6.45, 7) is 5.49. The molecule has 0 aromatic carbocycles. The molecule has 2 aromatic heterocycles. The maximum absolute atomic E-state index is 11.2. The summed E-state index contributed by atoms with van der Waals surface area (Å²) in [5, 5.41) is 14.2. The van der Waals surface area contributed by atoms with Crippen molar-refractivity contribution in [3.8, 4) is 11.5 Å². The first kappa shape index (κ1) is 14.9. The van der Waals surface area contributed by atoms with Crippen molar-refractivity contribution in [2.24, 2.45) is 0 Å². The Labute approximate surface area is 122 Å². The molecule has 112 valence electrons. The first-order chi connectivity index (χ1) is 10.2. The van der Waals surface area contributed by atoms with E-state index in [9.17, 15) is 10.1 Å². The Balaban J connectivity index is 2.47. The van der Waals surface area contributed by atoms with Gasteiger partial charge in [-0.3, -0.25) is 10.1 Å². The molecule has 0 radical (unpaired) electrons. The molecule has 0 bridgehead atoms. The molecular weight excluding hydrogens is 272 g/mol. The average molecular weight is 290 g/mol. The van der Waals surface area contributed by atoms with Crippen molar-refractivity contribution in [2.45, 2.75) is 33.2 Å². The molecule has 0 saturated heterocycles. The van der Waals surface area contributed by atoms with Gasteiger partial charge in [0.1, 0.15) is 6.20 Å². The molecule has 8 heteroatoms. The number of nitrogens with one attached hydrogen (secondary N) is 1. The zero-order valence-electron chi connectivity index (χ0n) is 12.1. The molecule has 0 atom stereocenters. The molecule has 2 rings (SSSR count). The Morgan fingerprint density at radius 3 is 2.81 bits per heavy atom. The number of rotatable bonds is 7. The normalized spacial score (nSPS) is 10.6. The van der Waals surface area contributed by atoms with Gasteiger partial charge in [-0.25, -0.2) is 15.0 Å². The summed E-state index contributed by atoms with van der Waals surface area (Å²) in [7, 11) is 0. The molecular formula is C13H18N6O2. The van der Waals surface area contributed by atoms with Crippen LogP contribution in [0.4, 0.5) is 11.6 Å². The van der Waals surface area contributed by atoms with E-state index in [0.717, 1.165) is 19.4 Å². The van der Waals surface area contributed by atoms with Crippen LogP contribution in [0, 0.1) is 10.1 Å². The summed E-state index contributed by atoms with van der Waals surface area (Å²) in [5.41, 5.74) is 0.104. The van der Waals surface area contributed by atoms with Crippen molar-refractivity contribution in [1.82, 2.24) is 19.5 Å².